The molecule has 1 atom stereocenters. The summed E-state index contributed by atoms with van der Waals surface area (Å²) in [4.78, 5) is 6.94. The van der Waals surface area contributed by atoms with Gasteiger partial charge in [-0.05, 0) is 33.6 Å². The van der Waals surface area contributed by atoms with Crippen molar-refractivity contribution in [3.8, 4) is 0 Å². The smallest absolute Gasteiger partial charge is 0.191 e. The molecule has 0 aromatic rings. The van der Waals surface area contributed by atoms with E-state index >= 15 is 0 Å². The number of rotatable bonds is 9. The molecule has 1 unspecified atom stereocenters. The normalized spacial score (nSPS) is 13.8. The second kappa shape index (κ2) is 11.7. The van der Waals surface area contributed by atoms with Crippen molar-refractivity contribution in [2.75, 3.05) is 45.2 Å². The molecule has 0 aliphatic carbocycles. The van der Waals surface area contributed by atoms with Crippen molar-refractivity contribution in [3.63, 3.8) is 0 Å². The number of aliphatic imine (C=N–C) groups is 1. The van der Waals surface area contributed by atoms with Crippen LogP contribution in [0.2, 0.25) is 0 Å². The summed E-state index contributed by atoms with van der Waals surface area (Å²) in [5.41, 5.74) is 0. The van der Waals surface area contributed by atoms with Gasteiger partial charge < -0.3 is 15.5 Å². The molecule has 0 spiro atoms. The van der Waals surface area contributed by atoms with E-state index in [-0.39, 0.29) is 0 Å². The molecule has 0 aromatic carbocycles. The molecule has 18 heavy (non-hydrogen) atoms. The first-order valence-electron chi connectivity index (χ1n) is 6.87. The summed E-state index contributed by atoms with van der Waals surface area (Å²) < 4.78 is 0. The molecular formula is C13H30N4S. The molecule has 108 valence electrons. The first-order valence-corrected chi connectivity index (χ1v) is 8.26. The van der Waals surface area contributed by atoms with E-state index in [9.17, 15) is 0 Å². The predicted molar refractivity (Wildman–Crippen MR) is 84.7 cm³/mol. The van der Waals surface area contributed by atoms with Gasteiger partial charge >= 0.3 is 0 Å². The van der Waals surface area contributed by atoms with Gasteiger partial charge in [0.1, 0.15) is 0 Å². The third-order valence-corrected chi connectivity index (χ3v) is 3.62. The van der Waals surface area contributed by atoms with Crippen molar-refractivity contribution >= 4 is 17.7 Å². The molecule has 0 radical (unpaired) electrons. The maximum atomic E-state index is 4.59. The standard InChI is InChI=1S/C13H30N4S/c1-6-12(3)17(4)10-8-15-13(14-7-2)16-9-11-18-5/h12H,6-11H2,1-5H3,(H2,14,15,16). The molecule has 0 rings (SSSR count). The van der Waals surface area contributed by atoms with Crippen LogP contribution in [-0.4, -0.2) is 62.1 Å². The van der Waals surface area contributed by atoms with Gasteiger partial charge in [-0.15, -0.1) is 0 Å². The maximum absolute atomic E-state index is 4.59. The Morgan fingerprint density at radius 2 is 2.06 bits per heavy atom. The quantitative estimate of drug-likeness (QED) is 0.381. The minimum absolute atomic E-state index is 0.632. The highest BCUT2D eigenvalue weighted by Gasteiger charge is 2.05. The Hall–Kier alpha value is -0.420. The summed E-state index contributed by atoms with van der Waals surface area (Å²) >= 11 is 1.84. The highest BCUT2D eigenvalue weighted by molar-refractivity contribution is 7.98. The van der Waals surface area contributed by atoms with E-state index in [2.05, 4.69) is 54.6 Å². The summed E-state index contributed by atoms with van der Waals surface area (Å²) in [5, 5.41) is 6.61. The van der Waals surface area contributed by atoms with Gasteiger partial charge in [-0.25, -0.2) is 0 Å². The largest absolute Gasteiger partial charge is 0.357 e. The fraction of sp³-hybridized carbons (Fsp3) is 0.923. The molecule has 0 aliphatic rings. The molecule has 0 aliphatic heterocycles. The van der Waals surface area contributed by atoms with Crippen LogP contribution in [-0.2, 0) is 0 Å². The number of guanidine groups is 1. The number of nitrogens with zero attached hydrogens (tertiary/aromatic N) is 2. The van der Waals surface area contributed by atoms with E-state index in [4.69, 9.17) is 0 Å². The Kier molecular flexibility index (Phi) is 11.4. The van der Waals surface area contributed by atoms with Crippen molar-refractivity contribution in [1.82, 2.24) is 15.5 Å². The number of hydrogen-bond acceptors (Lipinski definition) is 3. The van der Waals surface area contributed by atoms with Crippen LogP contribution < -0.4 is 10.6 Å². The first kappa shape index (κ1) is 17.6. The molecule has 0 heterocycles. The SMILES string of the molecule is CCNC(=NCCN(C)C(C)CC)NCCSC. The van der Waals surface area contributed by atoms with Crippen molar-refractivity contribution in [2.45, 2.75) is 33.2 Å². The maximum Gasteiger partial charge on any atom is 0.191 e. The number of hydrogen-bond donors (Lipinski definition) is 2. The lowest BCUT2D eigenvalue weighted by Crippen LogP contribution is -2.39. The van der Waals surface area contributed by atoms with E-state index in [1.54, 1.807) is 0 Å². The predicted octanol–water partition coefficient (Wildman–Crippen LogP) is 1.63. The van der Waals surface area contributed by atoms with Crippen molar-refractivity contribution in [1.29, 1.82) is 0 Å². The topological polar surface area (TPSA) is 39.7 Å². The van der Waals surface area contributed by atoms with Gasteiger partial charge in [0, 0.05) is 31.4 Å². The molecule has 0 amide bonds. The molecule has 5 heteroatoms. The highest BCUT2D eigenvalue weighted by atomic mass is 32.2. The van der Waals surface area contributed by atoms with Gasteiger partial charge in [-0.3, -0.25) is 4.99 Å². The Morgan fingerprint density at radius 1 is 1.33 bits per heavy atom. The van der Waals surface area contributed by atoms with E-state index in [0.29, 0.717) is 6.04 Å². The molecule has 0 saturated heterocycles. The van der Waals surface area contributed by atoms with Crippen molar-refractivity contribution < 1.29 is 0 Å². The lowest BCUT2D eigenvalue weighted by molar-refractivity contribution is 0.259. The van der Waals surface area contributed by atoms with Crippen LogP contribution in [0.15, 0.2) is 4.99 Å². The van der Waals surface area contributed by atoms with Gasteiger partial charge in [0.25, 0.3) is 0 Å². The second-order valence-electron chi connectivity index (χ2n) is 4.42. The van der Waals surface area contributed by atoms with Gasteiger partial charge in [-0.1, -0.05) is 6.92 Å². The van der Waals surface area contributed by atoms with Crippen LogP contribution in [0.4, 0.5) is 0 Å². The number of likely N-dealkylation sites (N-methyl/N-ethyl adjacent to an activating group) is 1. The average Bonchev–Trinajstić information content (AvgIpc) is 2.37. The molecule has 4 nitrogen and oxygen atoms in total. The summed E-state index contributed by atoms with van der Waals surface area (Å²) in [7, 11) is 2.16. The second-order valence-corrected chi connectivity index (χ2v) is 5.40. The number of nitrogens with one attached hydrogen (secondary N) is 2. The molecule has 0 aromatic heterocycles. The van der Waals surface area contributed by atoms with Crippen molar-refractivity contribution in [3.05, 3.63) is 0 Å². The lowest BCUT2D eigenvalue weighted by atomic mass is 10.2. The third kappa shape index (κ3) is 8.64. The summed E-state index contributed by atoms with van der Waals surface area (Å²) in [6.45, 7) is 10.3. The van der Waals surface area contributed by atoms with Gasteiger partial charge in [0.05, 0.1) is 6.54 Å². The first-order chi connectivity index (χ1) is 8.65. The lowest BCUT2D eigenvalue weighted by Gasteiger charge is -2.22. The molecule has 0 bridgehead atoms. The van der Waals surface area contributed by atoms with Crippen LogP contribution >= 0.6 is 11.8 Å². The van der Waals surface area contributed by atoms with Gasteiger partial charge in [0.15, 0.2) is 5.96 Å². The van der Waals surface area contributed by atoms with Crippen LogP contribution in [0.25, 0.3) is 0 Å². The fourth-order valence-corrected chi connectivity index (χ4v) is 1.77. The van der Waals surface area contributed by atoms with Crippen LogP contribution in [0, 0.1) is 0 Å². The van der Waals surface area contributed by atoms with Gasteiger partial charge in [-0.2, -0.15) is 11.8 Å². The van der Waals surface area contributed by atoms with E-state index in [1.807, 2.05) is 11.8 Å². The minimum Gasteiger partial charge on any atom is -0.357 e. The Balaban J connectivity index is 3.98. The fourth-order valence-electron chi connectivity index (χ4n) is 1.46. The Labute approximate surface area is 117 Å². The summed E-state index contributed by atoms with van der Waals surface area (Å²) in [6.07, 6.45) is 3.30. The van der Waals surface area contributed by atoms with E-state index in [0.717, 1.165) is 37.9 Å². The molecular weight excluding hydrogens is 244 g/mol. The zero-order valence-electron chi connectivity index (χ0n) is 12.6. The Morgan fingerprint density at radius 3 is 2.61 bits per heavy atom. The van der Waals surface area contributed by atoms with Crippen molar-refractivity contribution in [2.24, 2.45) is 4.99 Å². The molecule has 0 saturated carbocycles. The molecule has 2 N–H and O–H groups in total. The zero-order valence-corrected chi connectivity index (χ0v) is 13.4. The summed E-state index contributed by atoms with van der Waals surface area (Å²) in [5.74, 6) is 2.04. The number of thioether (sulfide) groups is 1. The van der Waals surface area contributed by atoms with Crippen LogP contribution in [0.5, 0.6) is 0 Å². The van der Waals surface area contributed by atoms with Crippen LogP contribution in [0.3, 0.4) is 0 Å². The Bertz CT molecular complexity index is 221. The summed E-state index contributed by atoms with van der Waals surface area (Å²) in [6, 6.07) is 0.632. The monoisotopic (exact) mass is 274 g/mol. The van der Waals surface area contributed by atoms with Gasteiger partial charge in [0.2, 0.25) is 0 Å². The van der Waals surface area contributed by atoms with E-state index in [1.165, 1.54) is 6.42 Å². The zero-order chi connectivity index (χ0) is 13.8. The highest BCUT2D eigenvalue weighted by Crippen LogP contribution is 1.98. The average molecular weight is 274 g/mol. The van der Waals surface area contributed by atoms with Crippen LogP contribution in [0.1, 0.15) is 27.2 Å². The molecule has 0 fully saturated rings. The third-order valence-electron chi connectivity index (χ3n) is 3.01. The minimum atomic E-state index is 0.632. The van der Waals surface area contributed by atoms with E-state index < -0.39 is 0 Å².